The first kappa shape index (κ1) is 27.9. The second kappa shape index (κ2) is 11.7. The molecule has 0 bridgehead atoms. The van der Waals surface area contributed by atoms with Crippen LogP contribution in [0.25, 0.3) is 22.3 Å². The number of carbonyl (C=O) groups is 3. The van der Waals surface area contributed by atoms with Crippen molar-refractivity contribution in [3.05, 3.63) is 142 Å². The van der Waals surface area contributed by atoms with Gasteiger partial charge in [-0.2, -0.15) is 0 Å². The summed E-state index contributed by atoms with van der Waals surface area (Å²) in [5.41, 5.74) is 11.2. The Hall–Kier alpha value is -5.89. The molecule has 0 spiro atoms. The molecule has 7 rings (SSSR count). The van der Waals surface area contributed by atoms with Crippen LogP contribution in [0.5, 0.6) is 0 Å². The molecule has 0 aliphatic heterocycles. The molecule has 0 fully saturated rings. The highest BCUT2D eigenvalue weighted by molar-refractivity contribution is 5.98. The Morgan fingerprint density at radius 2 is 1.07 bits per heavy atom. The molecule has 0 saturated heterocycles. The number of carbonyl (C=O) groups excluding carboxylic acids is 2. The lowest BCUT2D eigenvalue weighted by atomic mass is 10.0. The lowest BCUT2D eigenvalue weighted by Crippen LogP contribution is -2.19. The van der Waals surface area contributed by atoms with Gasteiger partial charge in [0.05, 0.1) is 16.9 Å². The number of rotatable bonds is 7. The summed E-state index contributed by atoms with van der Waals surface area (Å²) in [6, 6.07) is 32.2. The summed E-state index contributed by atoms with van der Waals surface area (Å²) in [6.07, 6.45) is -0.0241. The predicted molar refractivity (Wildman–Crippen MR) is 170 cm³/mol. The average molecular weight is 597 g/mol. The Bertz CT molecular complexity index is 2000. The number of benzene rings is 5. The highest BCUT2D eigenvalue weighted by atomic mass is 16.6. The van der Waals surface area contributed by atoms with Crippen LogP contribution in [-0.4, -0.2) is 23.3 Å². The first-order valence-electron chi connectivity index (χ1n) is 14.6. The van der Waals surface area contributed by atoms with Gasteiger partial charge in [-0.3, -0.25) is 10.6 Å². The van der Waals surface area contributed by atoms with Gasteiger partial charge in [-0.05, 0) is 86.7 Å². The molecular formula is C37H28N2O6. The van der Waals surface area contributed by atoms with Crippen molar-refractivity contribution >= 4 is 29.5 Å². The summed E-state index contributed by atoms with van der Waals surface area (Å²) < 4.78 is 11.1. The molecule has 0 saturated carbocycles. The van der Waals surface area contributed by atoms with E-state index in [-0.39, 0.29) is 30.2 Å². The standard InChI is InChI=1S/C37H28N2O6/c40-35(41)24-15-16-33(38-36(42)44-20-25-9-5-13-29-27-11-3-1-7-22(27)17-31(25)29)34(19-24)39-37(43)45-21-26-10-6-14-30-28-12-4-2-8-23(28)18-32(26)30/h1-16,19H,17-18,20-21H2,(H,38,42)(H,39,43)(H,40,41). The molecule has 45 heavy (non-hydrogen) atoms. The fraction of sp³-hybridized carbons (Fsp3) is 0.108. The van der Waals surface area contributed by atoms with Crippen LogP contribution >= 0.6 is 0 Å². The minimum Gasteiger partial charge on any atom is -0.478 e. The van der Waals surface area contributed by atoms with E-state index >= 15 is 0 Å². The van der Waals surface area contributed by atoms with Gasteiger partial charge in [0, 0.05) is 0 Å². The summed E-state index contributed by atoms with van der Waals surface area (Å²) in [5.74, 6) is -1.18. The number of fused-ring (bicyclic) bond motifs is 6. The predicted octanol–water partition coefficient (Wildman–Crippen LogP) is 8.02. The molecule has 5 aromatic carbocycles. The summed E-state index contributed by atoms with van der Waals surface area (Å²) >= 11 is 0. The number of ether oxygens (including phenoxy) is 2. The molecular weight excluding hydrogens is 568 g/mol. The number of amides is 2. The van der Waals surface area contributed by atoms with Gasteiger partial charge < -0.3 is 14.6 Å². The lowest BCUT2D eigenvalue weighted by molar-refractivity contribution is 0.0696. The highest BCUT2D eigenvalue weighted by Gasteiger charge is 2.23. The summed E-state index contributed by atoms with van der Waals surface area (Å²) in [7, 11) is 0. The molecule has 2 aliphatic carbocycles. The third-order valence-corrected chi connectivity index (χ3v) is 8.35. The minimum absolute atomic E-state index is 0.0255. The third-order valence-electron chi connectivity index (χ3n) is 8.35. The smallest absolute Gasteiger partial charge is 0.412 e. The molecule has 2 amide bonds. The molecule has 0 unspecified atom stereocenters. The molecule has 0 radical (unpaired) electrons. The van der Waals surface area contributed by atoms with E-state index in [1.165, 1.54) is 40.5 Å². The molecule has 0 heterocycles. The van der Waals surface area contributed by atoms with Crippen molar-refractivity contribution in [2.24, 2.45) is 0 Å². The quantitative estimate of drug-likeness (QED) is 0.172. The molecule has 222 valence electrons. The molecule has 8 heteroatoms. The van der Waals surface area contributed by atoms with Crippen LogP contribution in [0.15, 0.2) is 103 Å². The second-order valence-corrected chi connectivity index (χ2v) is 11.0. The number of hydrogen-bond donors (Lipinski definition) is 3. The van der Waals surface area contributed by atoms with Crippen molar-refractivity contribution in [2.75, 3.05) is 10.6 Å². The van der Waals surface area contributed by atoms with Crippen molar-refractivity contribution in [1.82, 2.24) is 0 Å². The Balaban J connectivity index is 1.02. The van der Waals surface area contributed by atoms with Crippen molar-refractivity contribution in [2.45, 2.75) is 26.1 Å². The van der Waals surface area contributed by atoms with Crippen LogP contribution in [-0.2, 0) is 35.5 Å². The van der Waals surface area contributed by atoms with E-state index in [0.717, 1.165) is 46.2 Å². The Labute approximate surface area is 259 Å². The highest BCUT2D eigenvalue weighted by Crippen LogP contribution is 2.39. The monoisotopic (exact) mass is 596 g/mol. The van der Waals surface area contributed by atoms with Crippen LogP contribution < -0.4 is 10.6 Å². The lowest BCUT2D eigenvalue weighted by Gasteiger charge is -2.15. The maximum Gasteiger partial charge on any atom is 0.412 e. The van der Waals surface area contributed by atoms with Gasteiger partial charge in [-0.1, -0.05) is 84.9 Å². The van der Waals surface area contributed by atoms with E-state index in [2.05, 4.69) is 47.0 Å². The van der Waals surface area contributed by atoms with Crippen LogP contribution in [0.2, 0.25) is 0 Å². The maximum absolute atomic E-state index is 12.9. The number of aromatic carboxylic acids is 1. The first-order chi connectivity index (χ1) is 21.9. The van der Waals surface area contributed by atoms with Crippen molar-refractivity contribution in [3.8, 4) is 22.3 Å². The average Bonchev–Trinajstić information content (AvgIpc) is 3.63. The zero-order chi connectivity index (χ0) is 30.9. The van der Waals surface area contributed by atoms with Crippen molar-refractivity contribution in [1.29, 1.82) is 0 Å². The van der Waals surface area contributed by atoms with Gasteiger partial charge in [0.15, 0.2) is 0 Å². The SMILES string of the molecule is O=C(Nc1ccc(C(=O)O)cc1NC(=O)OCc1cccc2c1Cc1ccccc1-2)OCc1cccc2c1Cc1ccccc1-2. The molecule has 0 atom stereocenters. The number of anilines is 2. The van der Waals surface area contributed by atoms with Crippen LogP contribution in [0.3, 0.4) is 0 Å². The van der Waals surface area contributed by atoms with Crippen LogP contribution in [0.4, 0.5) is 21.0 Å². The molecule has 5 aromatic rings. The summed E-state index contributed by atoms with van der Waals surface area (Å²) in [4.78, 5) is 37.5. The fourth-order valence-corrected chi connectivity index (χ4v) is 6.19. The first-order valence-corrected chi connectivity index (χ1v) is 14.6. The third kappa shape index (κ3) is 5.49. The molecule has 3 N–H and O–H groups in total. The Kier molecular flexibility index (Phi) is 7.23. The van der Waals surface area contributed by atoms with Gasteiger partial charge in [0.2, 0.25) is 0 Å². The zero-order valence-corrected chi connectivity index (χ0v) is 24.1. The zero-order valence-electron chi connectivity index (χ0n) is 24.1. The maximum atomic E-state index is 12.9. The van der Waals surface area contributed by atoms with E-state index in [1.807, 2.05) is 48.5 Å². The van der Waals surface area contributed by atoms with Gasteiger partial charge in [-0.25, -0.2) is 14.4 Å². The number of carboxylic acid groups (broad SMARTS) is 1. The normalized spacial score (nSPS) is 11.9. The van der Waals surface area contributed by atoms with Gasteiger partial charge in [0.1, 0.15) is 13.2 Å². The number of carboxylic acids is 1. The fourth-order valence-electron chi connectivity index (χ4n) is 6.19. The summed E-state index contributed by atoms with van der Waals surface area (Å²) in [6.45, 7) is 0.0734. The van der Waals surface area contributed by atoms with Crippen LogP contribution in [0, 0.1) is 0 Å². The van der Waals surface area contributed by atoms with Crippen molar-refractivity contribution in [3.63, 3.8) is 0 Å². The van der Waals surface area contributed by atoms with E-state index in [0.29, 0.717) is 0 Å². The van der Waals surface area contributed by atoms with Crippen LogP contribution in [0.1, 0.15) is 43.7 Å². The number of hydrogen-bond acceptors (Lipinski definition) is 5. The largest absolute Gasteiger partial charge is 0.478 e. The van der Waals surface area contributed by atoms with E-state index < -0.39 is 18.2 Å². The van der Waals surface area contributed by atoms with E-state index in [1.54, 1.807) is 0 Å². The molecule has 0 aromatic heterocycles. The van der Waals surface area contributed by atoms with Gasteiger partial charge >= 0.3 is 18.2 Å². The van der Waals surface area contributed by atoms with Crippen molar-refractivity contribution < 1.29 is 29.0 Å². The Morgan fingerprint density at radius 1 is 0.578 bits per heavy atom. The Morgan fingerprint density at radius 3 is 1.60 bits per heavy atom. The topological polar surface area (TPSA) is 114 Å². The number of nitrogens with one attached hydrogen (secondary N) is 2. The van der Waals surface area contributed by atoms with Gasteiger partial charge in [-0.15, -0.1) is 0 Å². The summed E-state index contributed by atoms with van der Waals surface area (Å²) in [5, 5.41) is 14.7. The molecule has 8 nitrogen and oxygen atoms in total. The second-order valence-electron chi connectivity index (χ2n) is 11.0. The van der Waals surface area contributed by atoms with Gasteiger partial charge in [0.25, 0.3) is 0 Å². The minimum atomic E-state index is -1.18. The van der Waals surface area contributed by atoms with E-state index in [9.17, 15) is 19.5 Å². The molecule has 2 aliphatic rings. The van der Waals surface area contributed by atoms with E-state index in [4.69, 9.17) is 9.47 Å².